The summed E-state index contributed by atoms with van der Waals surface area (Å²) >= 11 is 0. The van der Waals surface area contributed by atoms with Crippen molar-refractivity contribution in [3.05, 3.63) is 29.8 Å². The van der Waals surface area contributed by atoms with E-state index in [1.54, 1.807) is 0 Å². The molecule has 2 rings (SSSR count). The first kappa shape index (κ1) is 20.1. The summed E-state index contributed by atoms with van der Waals surface area (Å²) in [6, 6.07) is 8.70. The molecule has 0 spiro atoms. The first-order valence-electron chi connectivity index (χ1n) is 9.50. The lowest BCUT2D eigenvalue weighted by Gasteiger charge is -2.20. The number of carbonyl (C=O) groups is 1. The van der Waals surface area contributed by atoms with E-state index in [0.717, 1.165) is 32.0 Å². The van der Waals surface area contributed by atoms with Gasteiger partial charge in [0.15, 0.2) is 5.96 Å². The number of hydrogen-bond acceptors (Lipinski definition) is 3. The molecule has 0 aromatic heterocycles. The Kier molecular flexibility index (Phi) is 7.30. The van der Waals surface area contributed by atoms with Crippen LogP contribution in [0.5, 0.6) is 0 Å². The van der Waals surface area contributed by atoms with Gasteiger partial charge in [0, 0.05) is 51.4 Å². The third-order valence-electron chi connectivity index (χ3n) is 4.55. The lowest BCUT2D eigenvalue weighted by Crippen LogP contribution is -2.45. The molecule has 0 aliphatic carbocycles. The van der Waals surface area contributed by atoms with Crippen molar-refractivity contribution in [2.45, 2.75) is 39.8 Å². The predicted octanol–water partition coefficient (Wildman–Crippen LogP) is 2.06. The molecule has 1 aromatic carbocycles. The third-order valence-corrected chi connectivity index (χ3v) is 4.55. The summed E-state index contributed by atoms with van der Waals surface area (Å²) in [6.45, 7) is 8.98. The molecule has 1 fully saturated rings. The number of carbonyl (C=O) groups excluding carboxylic acids is 1. The zero-order valence-electron chi connectivity index (χ0n) is 16.7. The second-order valence-electron chi connectivity index (χ2n) is 7.32. The van der Waals surface area contributed by atoms with Crippen LogP contribution in [-0.4, -0.2) is 56.5 Å². The number of aliphatic imine (C=N–C) groups is 1. The van der Waals surface area contributed by atoms with Gasteiger partial charge in [-0.1, -0.05) is 26.0 Å². The number of nitrogens with one attached hydrogen (secondary N) is 2. The number of amides is 1. The summed E-state index contributed by atoms with van der Waals surface area (Å²) in [5, 5.41) is 6.78. The Balaban J connectivity index is 1.93. The van der Waals surface area contributed by atoms with Gasteiger partial charge >= 0.3 is 0 Å². The number of hydrogen-bond donors (Lipinski definition) is 2. The molecule has 26 heavy (non-hydrogen) atoms. The van der Waals surface area contributed by atoms with Gasteiger partial charge in [0.2, 0.25) is 5.91 Å². The molecule has 6 heteroatoms. The number of anilines is 1. The molecule has 1 amide bonds. The Labute approximate surface area is 157 Å². The van der Waals surface area contributed by atoms with Crippen LogP contribution in [0.3, 0.4) is 0 Å². The van der Waals surface area contributed by atoms with Crippen molar-refractivity contribution >= 4 is 17.6 Å². The van der Waals surface area contributed by atoms with Crippen molar-refractivity contribution in [1.29, 1.82) is 0 Å². The molecule has 0 radical (unpaired) electrons. The summed E-state index contributed by atoms with van der Waals surface area (Å²) in [5.41, 5.74) is 2.36. The maximum Gasteiger partial charge on any atom is 0.225 e. The van der Waals surface area contributed by atoms with Crippen molar-refractivity contribution in [2.24, 2.45) is 10.9 Å². The summed E-state index contributed by atoms with van der Waals surface area (Å²) in [4.78, 5) is 20.9. The molecule has 1 saturated heterocycles. The van der Waals surface area contributed by atoms with E-state index in [9.17, 15) is 4.79 Å². The van der Waals surface area contributed by atoms with E-state index >= 15 is 0 Å². The highest BCUT2D eigenvalue weighted by Gasteiger charge is 2.27. The molecule has 1 aromatic rings. The van der Waals surface area contributed by atoms with Crippen LogP contribution in [-0.2, 0) is 11.3 Å². The van der Waals surface area contributed by atoms with E-state index in [-0.39, 0.29) is 17.9 Å². The van der Waals surface area contributed by atoms with E-state index in [2.05, 4.69) is 46.7 Å². The second-order valence-corrected chi connectivity index (χ2v) is 7.32. The molecule has 6 nitrogen and oxygen atoms in total. The molecule has 1 heterocycles. The molecule has 144 valence electrons. The zero-order chi connectivity index (χ0) is 19.1. The molecule has 0 bridgehead atoms. The normalized spacial score (nSPS) is 17.5. The van der Waals surface area contributed by atoms with E-state index < -0.39 is 0 Å². The molecule has 2 N–H and O–H groups in total. The van der Waals surface area contributed by atoms with Gasteiger partial charge in [-0.3, -0.25) is 4.79 Å². The monoisotopic (exact) mass is 359 g/mol. The van der Waals surface area contributed by atoms with Gasteiger partial charge < -0.3 is 20.4 Å². The van der Waals surface area contributed by atoms with Crippen molar-refractivity contribution < 1.29 is 4.79 Å². The first-order chi connectivity index (χ1) is 12.4. The number of likely N-dealkylation sites (tertiary alicyclic amines) is 1. The summed E-state index contributed by atoms with van der Waals surface area (Å²) < 4.78 is 0. The quantitative estimate of drug-likeness (QED) is 0.603. The van der Waals surface area contributed by atoms with Crippen LogP contribution in [0, 0.1) is 5.92 Å². The van der Waals surface area contributed by atoms with E-state index in [1.165, 1.54) is 11.3 Å². The van der Waals surface area contributed by atoms with Crippen LogP contribution in [0.1, 0.15) is 32.8 Å². The fourth-order valence-electron chi connectivity index (χ4n) is 3.03. The van der Waals surface area contributed by atoms with Crippen molar-refractivity contribution in [1.82, 2.24) is 15.5 Å². The highest BCUT2D eigenvalue weighted by atomic mass is 16.2. The smallest absolute Gasteiger partial charge is 0.225 e. The predicted molar refractivity (Wildman–Crippen MR) is 109 cm³/mol. The fraction of sp³-hybridized carbons (Fsp3) is 0.600. The molecular formula is C20H33N5O. The summed E-state index contributed by atoms with van der Waals surface area (Å²) in [5.74, 6) is 1.10. The molecule has 1 aliphatic rings. The lowest BCUT2D eigenvalue weighted by molar-refractivity contribution is -0.133. The maximum atomic E-state index is 12.1. The van der Waals surface area contributed by atoms with Crippen LogP contribution < -0.4 is 15.5 Å². The SMILES string of the molecule is CCNC(=NCc1ccc(N(C)C)cc1)NC1CCN(C(=O)C(C)C)C1. The molecule has 1 atom stereocenters. The highest BCUT2D eigenvalue weighted by molar-refractivity contribution is 5.81. The van der Waals surface area contributed by atoms with Crippen LogP contribution in [0.15, 0.2) is 29.3 Å². The number of benzene rings is 1. The maximum absolute atomic E-state index is 12.1. The molecule has 1 aliphatic heterocycles. The highest BCUT2D eigenvalue weighted by Crippen LogP contribution is 2.14. The number of guanidine groups is 1. The van der Waals surface area contributed by atoms with Crippen LogP contribution in [0.2, 0.25) is 0 Å². The van der Waals surface area contributed by atoms with Crippen LogP contribution in [0.4, 0.5) is 5.69 Å². The largest absolute Gasteiger partial charge is 0.378 e. The topological polar surface area (TPSA) is 60.0 Å². The Hall–Kier alpha value is -2.24. The molecular weight excluding hydrogens is 326 g/mol. The van der Waals surface area contributed by atoms with E-state index in [1.807, 2.05) is 32.8 Å². The van der Waals surface area contributed by atoms with Crippen LogP contribution >= 0.6 is 0 Å². The molecule has 0 saturated carbocycles. The Bertz CT molecular complexity index is 609. The Morgan fingerprint density at radius 3 is 2.58 bits per heavy atom. The van der Waals surface area contributed by atoms with Crippen molar-refractivity contribution in [2.75, 3.05) is 38.6 Å². The van der Waals surface area contributed by atoms with Gasteiger partial charge in [-0.15, -0.1) is 0 Å². The molecule has 1 unspecified atom stereocenters. The number of nitrogens with zero attached hydrogens (tertiary/aromatic N) is 3. The standard InChI is InChI=1S/C20H33N5O/c1-6-21-20(22-13-16-7-9-18(10-8-16)24(4)5)23-17-11-12-25(14-17)19(26)15(2)3/h7-10,15,17H,6,11-14H2,1-5H3,(H2,21,22,23). The second kappa shape index (κ2) is 9.46. The summed E-state index contributed by atoms with van der Waals surface area (Å²) in [6.07, 6.45) is 0.959. The van der Waals surface area contributed by atoms with Gasteiger partial charge in [-0.2, -0.15) is 0 Å². The minimum Gasteiger partial charge on any atom is -0.378 e. The van der Waals surface area contributed by atoms with Gasteiger partial charge in [0.1, 0.15) is 0 Å². The first-order valence-corrected chi connectivity index (χ1v) is 9.50. The number of rotatable bonds is 6. The fourth-order valence-corrected chi connectivity index (χ4v) is 3.03. The third kappa shape index (κ3) is 5.64. The summed E-state index contributed by atoms with van der Waals surface area (Å²) in [7, 11) is 4.07. The van der Waals surface area contributed by atoms with Gasteiger partial charge in [0.05, 0.1) is 6.54 Å². The van der Waals surface area contributed by atoms with Gasteiger partial charge in [-0.25, -0.2) is 4.99 Å². The average molecular weight is 360 g/mol. The van der Waals surface area contributed by atoms with E-state index in [0.29, 0.717) is 6.54 Å². The van der Waals surface area contributed by atoms with Gasteiger partial charge in [0.25, 0.3) is 0 Å². The van der Waals surface area contributed by atoms with Crippen molar-refractivity contribution in [3.63, 3.8) is 0 Å². The van der Waals surface area contributed by atoms with Crippen molar-refractivity contribution in [3.8, 4) is 0 Å². The van der Waals surface area contributed by atoms with Gasteiger partial charge in [-0.05, 0) is 31.0 Å². The lowest BCUT2D eigenvalue weighted by atomic mass is 10.2. The Morgan fingerprint density at radius 2 is 2.00 bits per heavy atom. The zero-order valence-corrected chi connectivity index (χ0v) is 16.7. The Morgan fingerprint density at radius 1 is 1.31 bits per heavy atom. The van der Waals surface area contributed by atoms with Crippen LogP contribution in [0.25, 0.3) is 0 Å². The minimum absolute atomic E-state index is 0.0563. The van der Waals surface area contributed by atoms with E-state index in [4.69, 9.17) is 4.99 Å². The minimum atomic E-state index is 0.0563. The average Bonchev–Trinajstić information content (AvgIpc) is 3.07.